The number of hydrogen-bond acceptors (Lipinski definition) is 6. The fourth-order valence-corrected chi connectivity index (χ4v) is 4.65. The van der Waals surface area contributed by atoms with Crippen LogP contribution in [0.2, 0.25) is 0 Å². The first kappa shape index (κ1) is 22.7. The van der Waals surface area contributed by atoms with E-state index in [0.29, 0.717) is 23.7 Å². The first-order chi connectivity index (χ1) is 18.3. The molecular formula is C29H25N5O3. The molecule has 0 unspecified atom stereocenters. The Balaban J connectivity index is 1.26. The van der Waals surface area contributed by atoms with Gasteiger partial charge in [-0.15, -0.1) is 0 Å². The van der Waals surface area contributed by atoms with Crippen LogP contribution in [0.3, 0.4) is 0 Å². The van der Waals surface area contributed by atoms with Gasteiger partial charge >= 0.3 is 6.09 Å². The van der Waals surface area contributed by atoms with Gasteiger partial charge in [-0.1, -0.05) is 48.5 Å². The number of rotatable bonds is 6. The third-order valence-corrected chi connectivity index (χ3v) is 6.42. The molecule has 0 bridgehead atoms. The monoisotopic (exact) mass is 491 g/mol. The number of imidazole rings is 1. The number of likely N-dealkylation sites (tertiary alicyclic amines) is 1. The highest BCUT2D eigenvalue weighted by atomic mass is 16.6. The molecule has 8 nitrogen and oxygen atoms in total. The van der Waals surface area contributed by atoms with E-state index >= 15 is 0 Å². The SMILES string of the molecule is O=C(OCc1ccccc1)N1CCC[C@H]1c1nc(-c2ccc(Oc3ccccc3)cn2)c2cnccn12. The lowest BCUT2D eigenvalue weighted by Crippen LogP contribution is -2.32. The van der Waals surface area contributed by atoms with Gasteiger partial charge in [-0.3, -0.25) is 19.3 Å². The van der Waals surface area contributed by atoms with Crippen LogP contribution in [0.5, 0.6) is 11.5 Å². The molecule has 37 heavy (non-hydrogen) atoms. The van der Waals surface area contributed by atoms with Gasteiger partial charge in [0.15, 0.2) is 0 Å². The zero-order chi connectivity index (χ0) is 25.0. The van der Waals surface area contributed by atoms with E-state index in [1.807, 2.05) is 83.4 Å². The Morgan fingerprint density at radius 1 is 0.946 bits per heavy atom. The first-order valence-corrected chi connectivity index (χ1v) is 12.2. The van der Waals surface area contributed by atoms with Crippen molar-refractivity contribution >= 4 is 11.6 Å². The summed E-state index contributed by atoms with van der Waals surface area (Å²) in [5.74, 6) is 2.16. The Morgan fingerprint density at radius 2 is 1.76 bits per heavy atom. The molecule has 0 aliphatic carbocycles. The van der Waals surface area contributed by atoms with Crippen molar-refractivity contribution in [3.8, 4) is 22.9 Å². The molecule has 4 heterocycles. The highest BCUT2D eigenvalue weighted by Gasteiger charge is 2.35. The summed E-state index contributed by atoms with van der Waals surface area (Å²) in [6.45, 7) is 0.860. The van der Waals surface area contributed by atoms with E-state index in [4.69, 9.17) is 14.5 Å². The minimum Gasteiger partial charge on any atom is -0.456 e. The lowest BCUT2D eigenvalue weighted by molar-refractivity contribution is 0.0908. The van der Waals surface area contributed by atoms with Crippen molar-refractivity contribution in [1.29, 1.82) is 0 Å². The number of pyridine rings is 1. The highest BCUT2D eigenvalue weighted by molar-refractivity contribution is 5.75. The molecule has 2 aromatic carbocycles. The van der Waals surface area contributed by atoms with Gasteiger partial charge in [-0.2, -0.15) is 0 Å². The van der Waals surface area contributed by atoms with Crippen LogP contribution in [0.15, 0.2) is 97.6 Å². The molecule has 3 aromatic heterocycles. The Morgan fingerprint density at radius 3 is 2.54 bits per heavy atom. The van der Waals surface area contributed by atoms with Gasteiger partial charge in [0.25, 0.3) is 0 Å². The van der Waals surface area contributed by atoms with E-state index < -0.39 is 0 Å². The molecule has 5 aromatic rings. The maximum atomic E-state index is 13.0. The molecule has 6 rings (SSSR count). The summed E-state index contributed by atoms with van der Waals surface area (Å²) in [5.41, 5.74) is 3.19. The van der Waals surface area contributed by atoms with E-state index in [1.165, 1.54) is 0 Å². The summed E-state index contributed by atoms with van der Waals surface area (Å²) in [7, 11) is 0. The average molecular weight is 492 g/mol. The van der Waals surface area contributed by atoms with E-state index in [2.05, 4.69) is 9.97 Å². The predicted molar refractivity (Wildman–Crippen MR) is 138 cm³/mol. The summed E-state index contributed by atoms with van der Waals surface area (Å²) >= 11 is 0. The van der Waals surface area contributed by atoms with Crippen LogP contribution in [-0.2, 0) is 11.3 Å². The molecule has 0 saturated carbocycles. The minimum atomic E-state index is -0.334. The average Bonchev–Trinajstić information content (AvgIpc) is 3.59. The van der Waals surface area contributed by atoms with Crippen LogP contribution >= 0.6 is 0 Å². The second-order valence-corrected chi connectivity index (χ2v) is 8.84. The van der Waals surface area contributed by atoms with Gasteiger partial charge in [-0.25, -0.2) is 9.78 Å². The minimum absolute atomic E-state index is 0.201. The number of ether oxygens (including phenoxy) is 2. The van der Waals surface area contributed by atoms with Crippen molar-refractivity contribution < 1.29 is 14.3 Å². The maximum Gasteiger partial charge on any atom is 0.410 e. The number of amides is 1. The molecule has 8 heteroatoms. The third-order valence-electron chi connectivity index (χ3n) is 6.42. The summed E-state index contributed by atoms with van der Waals surface area (Å²) < 4.78 is 13.5. The molecule has 1 saturated heterocycles. The smallest absolute Gasteiger partial charge is 0.410 e. The first-order valence-electron chi connectivity index (χ1n) is 12.2. The van der Waals surface area contributed by atoms with E-state index in [-0.39, 0.29) is 18.7 Å². The van der Waals surface area contributed by atoms with Crippen molar-refractivity contribution in [2.45, 2.75) is 25.5 Å². The largest absolute Gasteiger partial charge is 0.456 e. The van der Waals surface area contributed by atoms with E-state index in [0.717, 1.165) is 35.5 Å². The lowest BCUT2D eigenvalue weighted by atomic mass is 10.2. The van der Waals surface area contributed by atoms with Crippen LogP contribution in [0, 0.1) is 0 Å². The summed E-state index contributed by atoms with van der Waals surface area (Å²) in [6, 6.07) is 22.8. The molecule has 1 amide bonds. The molecule has 0 spiro atoms. The lowest BCUT2D eigenvalue weighted by Gasteiger charge is -2.23. The summed E-state index contributed by atoms with van der Waals surface area (Å²) in [4.78, 5) is 28.7. The standard InChI is InChI=1S/C29H25N5O3/c35-29(36-20-21-8-3-1-4-9-21)34-16-7-12-25(34)28-32-27(26-19-30-15-17-33(26)28)24-14-13-23(18-31-24)37-22-10-5-2-6-11-22/h1-6,8-11,13-15,17-19,25H,7,12,16,20H2/t25-/m0/s1. The fourth-order valence-electron chi connectivity index (χ4n) is 4.65. The van der Waals surface area contributed by atoms with Gasteiger partial charge in [0, 0.05) is 18.9 Å². The van der Waals surface area contributed by atoms with E-state index in [1.54, 1.807) is 23.5 Å². The van der Waals surface area contributed by atoms with Crippen molar-refractivity contribution in [2.24, 2.45) is 0 Å². The Labute approximate surface area is 214 Å². The fraction of sp³-hybridized carbons (Fsp3) is 0.172. The Hall–Kier alpha value is -4.72. The number of fused-ring (bicyclic) bond motifs is 1. The Kier molecular flexibility index (Phi) is 6.21. The van der Waals surface area contributed by atoms with Crippen molar-refractivity contribution in [3.05, 3.63) is 109 Å². The van der Waals surface area contributed by atoms with Gasteiger partial charge in [0.2, 0.25) is 0 Å². The number of hydrogen-bond donors (Lipinski definition) is 0. The second-order valence-electron chi connectivity index (χ2n) is 8.84. The molecule has 1 aliphatic heterocycles. The number of aromatic nitrogens is 4. The van der Waals surface area contributed by atoms with Crippen LogP contribution in [-0.4, -0.2) is 36.9 Å². The van der Waals surface area contributed by atoms with Crippen LogP contribution in [0.1, 0.15) is 30.3 Å². The number of benzene rings is 2. The number of nitrogens with zero attached hydrogens (tertiary/aromatic N) is 5. The highest BCUT2D eigenvalue weighted by Crippen LogP contribution is 2.35. The molecule has 184 valence electrons. The van der Waals surface area contributed by atoms with Crippen molar-refractivity contribution in [3.63, 3.8) is 0 Å². The Bertz CT molecular complexity index is 1500. The molecule has 1 aliphatic rings. The predicted octanol–water partition coefficient (Wildman–Crippen LogP) is 6.06. The number of carbonyl (C=O) groups excluding carboxylic acids is 1. The van der Waals surface area contributed by atoms with Crippen molar-refractivity contribution in [1.82, 2.24) is 24.3 Å². The number of carbonyl (C=O) groups is 1. The van der Waals surface area contributed by atoms with Crippen LogP contribution in [0.25, 0.3) is 16.9 Å². The zero-order valence-electron chi connectivity index (χ0n) is 20.1. The second kappa shape index (κ2) is 10.1. The van der Waals surface area contributed by atoms with Crippen LogP contribution in [0.4, 0.5) is 4.79 Å². The molecule has 0 N–H and O–H groups in total. The maximum absolute atomic E-state index is 13.0. The van der Waals surface area contributed by atoms with Crippen LogP contribution < -0.4 is 4.74 Å². The van der Waals surface area contributed by atoms with E-state index in [9.17, 15) is 4.79 Å². The van der Waals surface area contributed by atoms with Gasteiger partial charge < -0.3 is 9.47 Å². The van der Waals surface area contributed by atoms with Gasteiger partial charge in [0.1, 0.15) is 29.6 Å². The molecule has 1 fully saturated rings. The quantitative estimate of drug-likeness (QED) is 0.287. The summed E-state index contributed by atoms with van der Waals surface area (Å²) in [6.07, 6.45) is 8.41. The van der Waals surface area contributed by atoms with Crippen molar-refractivity contribution in [2.75, 3.05) is 6.54 Å². The zero-order valence-corrected chi connectivity index (χ0v) is 20.1. The third kappa shape index (κ3) is 4.73. The number of para-hydroxylation sites is 1. The molecule has 1 atom stereocenters. The molecule has 0 radical (unpaired) electrons. The summed E-state index contributed by atoms with van der Waals surface area (Å²) in [5, 5.41) is 0. The molecular weight excluding hydrogens is 466 g/mol. The topological polar surface area (TPSA) is 81.8 Å². The normalized spacial score (nSPS) is 15.1. The van der Waals surface area contributed by atoms with Gasteiger partial charge in [-0.05, 0) is 42.7 Å². The van der Waals surface area contributed by atoms with Gasteiger partial charge in [0.05, 0.1) is 29.6 Å².